The minimum absolute atomic E-state index is 0.0544. The average Bonchev–Trinajstić information content (AvgIpc) is 2.38. The molecule has 0 amide bonds. The van der Waals surface area contributed by atoms with Crippen LogP contribution >= 0.6 is 0 Å². The van der Waals surface area contributed by atoms with Crippen LogP contribution in [0.15, 0.2) is 0 Å². The van der Waals surface area contributed by atoms with Crippen molar-refractivity contribution in [2.75, 3.05) is 7.05 Å². The van der Waals surface area contributed by atoms with E-state index >= 15 is 0 Å². The average molecular weight is 199 g/mol. The third kappa shape index (κ3) is 1.42. The van der Waals surface area contributed by atoms with Gasteiger partial charge in [0.05, 0.1) is 12.5 Å². The van der Waals surface area contributed by atoms with Crippen LogP contribution in [-0.4, -0.2) is 36.3 Å². The molecule has 0 aliphatic carbocycles. The fourth-order valence-corrected chi connectivity index (χ4v) is 2.45. The third-order valence-corrected chi connectivity index (χ3v) is 2.89. The molecule has 4 nitrogen and oxygen atoms in total. The Balaban J connectivity index is 2.20. The van der Waals surface area contributed by atoms with Gasteiger partial charge >= 0.3 is 5.97 Å². The molecule has 0 spiro atoms. The maximum atomic E-state index is 11.1. The molecule has 2 aliphatic heterocycles. The summed E-state index contributed by atoms with van der Waals surface area (Å²) in [5.41, 5.74) is 0.0544. The van der Waals surface area contributed by atoms with E-state index in [2.05, 4.69) is 20.8 Å². The fraction of sp³-hybridized carbons (Fsp3) is 0.900. The molecule has 14 heavy (non-hydrogen) atoms. The molecule has 0 radical (unpaired) electrons. The Labute approximate surface area is 84.1 Å². The predicted molar refractivity (Wildman–Crippen MR) is 50.4 cm³/mol. The molecule has 0 aromatic carbocycles. The Bertz CT molecular complexity index is 259. The summed E-state index contributed by atoms with van der Waals surface area (Å²) in [4.78, 5) is 16.7. The molecule has 80 valence electrons. The topological polar surface area (TPSA) is 38.8 Å². The summed E-state index contributed by atoms with van der Waals surface area (Å²) < 4.78 is 5.29. The summed E-state index contributed by atoms with van der Waals surface area (Å²) in [5, 5.41) is 1.84. The first-order chi connectivity index (χ1) is 6.39. The van der Waals surface area contributed by atoms with Gasteiger partial charge in [0.15, 0.2) is 0 Å². The van der Waals surface area contributed by atoms with E-state index in [4.69, 9.17) is 9.57 Å². The van der Waals surface area contributed by atoms with E-state index in [9.17, 15) is 4.79 Å². The number of rotatable bonds is 0. The largest absolute Gasteiger partial charge is 0.458 e. The van der Waals surface area contributed by atoms with E-state index in [-0.39, 0.29) is 29.6 Å². The molecule has 2 fully saturated rings. The lowest BCUT2D eigenvalue weighted by molar-refractivity contribution is -0.166. The zero-order chi connectivity index (χ0) is 10.5. The molecule has 4 heteroatoms. The molecule has 0 saturated carbocycles. The Morgan fingerprint density at radius 3 is 2.64 bits per heavy atom. The Morgan fingerprint density at radius 1 is 1.43 bits per heavy atom. The number of hydrogen-bond donors (Lipinski definition) is 0. The van der Waals surface area contributed by atoms with E-state index < -0.39 is 0 Å². The van der Waals surface area contributed by atoms with Crippen molar-refractivity contribution in [1.29, 1.82) is 0 Å². The SMILES string of the molecule is CN1O[C@@H]2CC(=O)O[C@@H]2[C@H]1C(C)(C)C. The van der Waals surface area contributed by atoms with Crippen molar-refractivity contribution in [1.82, 2.24) is 5.06 Å². The second-order valence-electron chi connectivity index (χ2n) is 5.16. The van der Waals surface area contributed by atoms with Gasteiger partial charge in [0.2, 0.25) is 0 Å². The summed E-state index contributed by atoms with van der Waals surface area (Å²) in [6, 6.07) is 0.152. The molecule has 0 bridgehead atoms. The quantitative estimate of drug-likeness (QED) is 0.545. The fourth-order valence-electron chi connectivity index (χ4n) is 2.45. The van der Waals surface area contributed by atoms with Crippen molar-refractivity contribution in [3.63, 3.8) is 0 Å². The second kappa shape index (κ2) is 2.94. The van der Waals surface area contributed by atoms with Gasteiger partial charge in [-0.05, 0) is 5.41 Å². The number of ether oxygens (including phenoxy) is 1. The zero-order valence-electron chi connectivity index (χ0n) is 9.11. The lowest BCUT2D eigenvalue weighted by Gasteiger charge is -2.33. The number of likely N-dealkylation sites (N-methyl/N-ethyl adjacent to an activating group) is 1. The van der Waals surface area contributed by atoms with Crippen molar-refractivity contribution in [2.45, 2.75) is 45.4 Å². The van der Waals surface area contributed by atoms with Crippen molar-refractivity contribution in [2.24, 2.45) is 5.41 Å². The standard InChI is InChI=1S/C10H17NO3/c1-10(2,3)9-8-6(14-11(9)4)5-7(12)13-8/h6,8-9H,5H2,1-4H3/t6-,8+,9+/m1/s1. The monoisotopic (exact) mass is 199 g/mol. The highest BCUT2D eigenvalue weighted by Gasteiger charge is 2.53. The Kier molecular flexibility index (Phi) is 2.08. The molecule has 3 atom stereocenters. The van der Waals surface area contributed by atoms with Gasteiger partial charge in [0.25, 0.3) is 0 Å². The first-order valence-corrected chi connectivity index (χ1v) is 4.98. The van der Waals surface area contributed by atoms with Gasteiger partial charge in [-0.25, -0.2) is 0 Å². The highest BCUT2D eigenvalue weighted by molar-refractivity contribution is 5.72. The number of hydrogen-bond acceptors (Lipinski definition) is 4. The van der Waals surface area contributed by atoms with Gasteiger partial charge in [0, 0.05) is 7.05 Å². The van der Waals surface area contributed by atoms with Crippen LogP contribution in [0.1, 0.15) is 27.2 Å². The molecule has 0 aromatic rings. The van der Waals surface area contributed by atoms with Crippen molar-refractivity contribution >= 4 is 5.97 Å². The Hall–Kier alpha value is -0.610. The molecule has 2 saturated heterocycles. The van der Waals surface area contributed by atoms with Gasteiger partial charge in [-0.1, -0.05) is 20.8 Å². The summed E-state index contributed by atoms with van der Waals surface area (Å²) in [5.74, 6) is -0.137. The van der Waals surface area contributed by atoms with Crippen molar-refractivity contribution in [3.8, 4) is 0 Å². The maximum Gasteiger partial charge on any atom is 0.309 e. The minimum atomic E-state index is -0.137. The minimum Gasteiger partial charge on any atom is -0.458 e. The zero-order valence-corrected chi connectivity index (χ0v) is 9.11. The Morgan fingerprint density at radius 2 is 2.07 bits per heavy atom. The van der Waals surface area contributed by atoms with Crippen LogP contribution in [0.25, 0.3) is 0 Å². The number of fused-ring (bicyclic) bond motifs is 1. The van der Waals surface area contributed by atoms with Crippen LogP contribution in [-0.2, 0) is 14.4 Å². The highest BCUT2D eigenvalue weighted by Crippen LogP contribution is 2.39. The van der Waals surface area contributed by atoms with Gasteiger partial charge in [0.1, 0.15) is 12.2 Å². The van der Waals surface area contributed by atoms with Gasteiger partial charge < -0.3 is 4.74 Å². The van der Waals surface area contributed by atoms with Gasteiger partial charge in [-0.3, -0.25) is 9.63 Å². The summed E-state index contributed by atoms with van der Waals surface area (Å²) in [7, 11) is 1.90. The van der Waals surface area contributed by atoms with Crippen LogP contribution in [0.4, 0.5) is 0 Å². The van der Waals surface area contributed by atoms with E-state index in [0.29, 0.717) is 6.42 Å². The molecule has 2 rings (SSSR count). The van der Waals surface area contributed by atoms with Crippen molar-refractivity contribution < 1.29 is 14.4 Å². The summed E-state index contributed by atoms with van der Waals surface area (Å²) in [6.45, 7) is 6.39. The van der Waals surface area contributed by atoms with Gasteiger partial charge in [-0.15, -0.1) is 0 Å². The number of hydroxylamine groups is 2. The van der Waals surface area contributed by atoms with Crippen LogP contribution < -0.4 is 0 Å². The molecule has 2 heterocycles. The highest BCUT2D eigenvalue weighted by atomic mass is 16.7. The number of esters is 1. The van der Waals surface area contributed by atoms with Crippen molar-refractivity contribution in [3.05, 3.63) is 0 Å². The molecule has 0 N–H and O–H groups in total. The van der Waals surface area contributed by atoms with E-state index in [0.717, 1.165) is 0 Å². The first kappa shape index (κ1) is 9.93. The third-order valence-electron chi connectivity index (χ3n) is 2.89. The van der Waals surface area contributed by atoms with E-state index in [1.165, 1.54) is 0 Å². The first-order valence-electron chi connectivity index (χ1n) is 4.98. The van der Waals surface area contributed by atoms with E-state index in [1.807, 2.05) is 12.1 Å². The van der Waals surface area contributed by atoms with Crippen LogP contribution in [0.5, 0.6) is 0 Å². The second-order valence-corrected chi connectivity index (χ2v) is 5.16. The van der Waals surface area contributed by atoms with Crippen LogP contribution in [0, 0.1) is 5.41 Å². The normalized spacial score (nSPS) is 38.6. The number of nitrogens with zero attached hydrogens (tertiary/aromatic N) is 1. The molecule has 0 aromatic heterocycles. The lowest BCUT2D eigenvalue weighted by atomic mass is 9.82. The van der Waals surface area contributed by atoms with E-state index in [1.54, 1.807) is 0 Å². The predicted octanol–water partition coefficient (Wildman–Crippen LogP) is 0.962. The summed E-state index contributed by atoms with van der Waals surface area (Å²) in [6.07, 6.45) is 0.228. The molecular weight excluding hydrogens is 182 g/mol. The number of carbonyl (C=O) groups excluding carboxylic acids is 1. The van der Waals surface area contributed by atoms with Crippen LogP contribution in [0.2, 0.25) is 0 Å². The number of carbonyl (C=O) groups is 1. The molecule has 0 unspecified atom stereocenters. The summed E-state index contributed by atoms with van der Waals surface area (Å²) >= 11 is 0. The van der Waals surface area contributed by atoms with Gasteiger partial charge in [-0.2, -0.15) is 5.06 Å². The smallest absolute Gasteiger partial charge is 0.309 e. The lowest BCUT2D eigenvalue weighted by Crippen LogP contribution is -2.44. The molecular formula is C10H17NO3. The maximum absolute atomic E-state index is 11.1. The molecule has 2 aliphatic rings. The van der Waals surface area contributed by atoms with Crippen LogP contribution in [0.3, 0.4) is 0 Å².